The summed E-state index contributed by atoms with van der Waals surface area (Å²) in [6.45, 7) is 6.52. The number of unbranched alkanes of at least 4 members (excludes halogenated alkanes) is 2. The molecule has 2 N–H and O–H groups in total. The van der Waals surface area contributed by atoms with E-state index in [2.05, 4.69) is 71.6 Å². The molecule has 0 saturated heterocycles. The molecule has 37 heavy (non-hydrogen) atoms. The summed E-state index contributed by atoms with van der Waals surface area (Å²) in [4.78, 5) is 15.5. The van der Waals surface area contributed by atoms with Gasteiger partial charge in [-0.3, -0.25) is 9.89 Å². The second-order valence-corrected chi connectivity index (χ2v) is 10.3. The van der Waals surface area contributed by atoms with E-state index in [1.807, 2.05) is 18.2 Å². The number of nitrogens with zero attached hydrogens (tertiary/aromatic N) is 2. The molecule has 1 saturated carbocycles. The molecule has 190 valence electrons. The van der Waals surface area contributed by atoms with Crippen LogP contribution in [0, 0.1) is 0 Å². The van der Waals surface area contributed by atoms with Crippen LogP contribution in [-0.4, -0.2) is 36.3 Å². The molecule has 6 nitrogen and oxygen atoms in total. The summed E-state index contributed by atoms with van der Waals surface area (Å²) >= 11 is 0. The highest BCUT2D eigenvalue weighted by Crippen LogP contribution is 2.65. The van der Waals surface area contributed by atoms with E-state index in [4.69, 9.17) is 9.84 Å². The second-order valence-electron chi connectivity index (χ2n) is 10.3. The highest BCUT2D eigenvalue weighted by Gasteiger charge is 2.65. The molecule has 2 atom stereocenters. The number of carbonyl (C=O) groups is 1. The van der Waals surface area contributed by atoms with Gasteiger partial charge in [0.15, 0.2) is 0 Å². The van der Waals surface area contributed by atoms with Gasteiger partial charge in [-0.15, -0.1) is 0 Å². The first-order valence-corrected chi connectivity index (χ1v) is 13.4. The van der Waals surface area contributed by atoms with Crippen LogP contribution in [0.1, 0.15) is 56.6 Å². The summed E-state index contributed by atoms with van der Waals surface area (Å²) in [7, 11) is 1.66. The van der Waals surface area contributed by atoms with E-state index in [0.29, 0.717) is 0 Å². The summed E-state index contributed by atoms with van der Waals surface area (Å²) in [6, 6.07) is 21.0. The lowest BCUT2D eigenvalue weighted by atomic mass is 9.91. The molecule has 2 aliphatic rings. The first-order valence-electron chi connectivity index (χ1n) is 13.4. The Hall–Kier alpha value is -3.80. The minimum Gasteiger partial charge on any atom is -0.497 e. The van der Waals surface area contributed by atoms with Gasteiger partial charge in [-0.1, -0.05) is 44.0 Å². The molecule has 2 unspecified atom stereocenters. The predicted molar refractivity (Wildman–Crippen MR) is 150 cm³/mol. The predicted octanol–water partition coefficient (Wildman–Crippen LogP) is 6.63. The van der Waals surface area contributed by atoms with Crippen molar-refractivity contribution in [3.05, 3.63) is 71.8 Å². The molecule has 0 bridgehead atoms. The maximum absolute atomic E-state index is 13.1. The smallest absolute Gasteiger partial charge is 0.235 e. The number of fused-ring (bicyclic) bond motifs is 3. The number of methoxy groups -OCH3 is 1. The van der Waals surface area contributed by atoms with Crippen LogP contribution in [0.3, 0.4) is 0 Å². The summed E-state index contributed by atoms with van der Waals surface area (Å²) in [5, 5.41) is 12.1. The molecule has 1 aromatic heterocycles. The third kappa shape index (κ3) is 3.86. The number of aromatic amines is 1. The van der Waals surface area contributed by atoms with Gasteiger partial charge in [-0.25, -0.2) is 0 Å². The van der Waals surface area contributed by atoms with E-state index < -0.39 is 5.41 Å². The van der Waals surface area contributed by atoms with Gasteiger partial charge in [0, 0.05) is 41.3 Å². The Morgan fingerprint density at radius 2 is 1.97 bits per heavy atom. The molecule has 0 radical (unpaired) electrons. The molecule has 1 aliphatic carbocycles. The zero-order chi connectivity index (χ0) is 25.6. The average Bonchev–Trinajstić information content (AvgIpc) is 3.45. The van der Waals surface area contributed by atoms with Crippen molar-refractivity contribution in [2.45, 2.75) is 50.9 Å². The number of aromatic nitrogens is 2. The fraction of sp³-hybridized carbons (Fsp3) is 0.355. The average molecular weight is 495 g/mol. The van der Waals surface area contributed by atoms with E-state index in [1.165, 1.54) is 24.9 Å². The van der Waals surface area contributed by atoms with Crippen molar-refractivity contribution in [1.29, 1.82) is 0 Å². The Morgan fingerprint density at radius 3 is 2.78 bits per heavy atom. The molecule has 1 aliphatic heterocycles. The number of H-pyrrole nitrogens is 1. The van der Waals surface area contributed by atoms with E-state index in [1.54, 1.807) is 7.11 Å². The lowest BCUT2D eigenvalue weighted by Gasteiger charge is -2.23. The van der Waals surface area contributed by atoms with Gasteiger partial charge >= 0.3 is 0 Å². The van der Waals surface area contributed by atoms with E-state index in [0.717, 1.165) is 64.2 Å². The number of hydrogen-bond donors (Lipinski definition) is 2. The number of benzene rings is 3. The zero-order valence-electron chi connectivity index (χ0n) is 21.8. The summed E-state index contributed by atoms with van der Waals surface area (Å²) in [5.41, 5.74) is 6.92. The summed E-state index contributed by atoms with van der Waals surface area (Å²) in [6.07, 6.45) is 4.50. The maximum Gasteiger partial charge on any atom is 0.235 e. The number of anilines is 2. The lowest BCUT2D eigenvalue weighted by Crippen LogP contribution is -2.23. The van der Waals surface area contributed by atoms with Gasteiger partial charge in [0.25, 0.3) is 0 Å². The number of rotatable bonds is 9. The molecular formula is C31H34N4O2. The molecule has 2 heterocycles. The molecule has 1 fully saturated rings. The van der Waals surface area contributed by atoms with Crippen LogP contribution in [-0.2, 0) is 10.2 Å². The lowest BCUT2D eigenvalue weighted by molar-refractivity contribution is -0.118. The van der Waals surface area contributed by atoms with Crippen LogP contribution in [0.2, 0.25) is 0 Å². The van der Waals surface area contributed by atoms with E-state index in [9.17, 15) is 4.79 Å². The van der Waals surface area contributed by atoms with Crippen LogP contribution >= 0.6 is 0 Å². The van der Waals surface area contributed by atoms with Crippen LogP contribution in [0.15, 0.2) is 60.7 Å². The molecule has 4 aromatic rings. The highest BCUT2D eigenvalue weighted by atomic mass is 16.5. The van der Waals surface area contributed by atoms with Crippen molar-refractivity contribution in [3.8, 4) is 17.0 Å². The monoisotopic (exact) mass is 494 g/mol. The topological polar surface area (TPSA) is 70.2 Å². The molecule has 6 rings (SSSR count). The minimum absolute atomic E-state index is 0.0855. The van der Waals surface area contributed by atoms with Crippen LogP contribution in [0.25, 0.3) is 22.2 Å². The van der Waals surface area contributed by atoms with Crippen molar-refractivity contribution in [2.75, 3.05) is 30.4 Å². The first-order chi connectivity index (χ1) is 18.1. The fourth-order valence-electron chi connectivity index (χ4n) is 6.04. The van der Waals surface area contributed by atoms with Crippen LogP contribution < -0.4 is 15.0 Å². The Bertz CT molecular complexity index is 1480. The normalized spacial score (nSPS) is 19.8. The second kappa shape index (κ2) is 9.25. The number of amides is 1. The standard InChI is InChI=1S/C31H34N4O2/c1-4-6-7-15-35(5-2)22-10-8-9-21(16-22)29-24-13-11-20(17-28(24)33-34-29)26-19-31(26)25-18-23(37-3)12-14-27(25)32-30(31)36/h8-14,16-18,26H,4-7,15,19H2,1-3H3,(H,32,36)(H,33,34). The summed E-state index contributed by atoms with van der Waals surface area (Å²) in [5.74, 6) is 1.01. The maximum atomic E-state index is 13.1. The summed E-state index contributed by atoms with van der Waals surface area (Å²) < 4.78 is 5.44. The number of carbonyl (C=O) groups excluding carboxylic acids is 1. The largest absolute Gasteiger partial charge is 0.497 e. The molecular weight excluding hydrogens is 460 g/mol. The van der Waals surface area contributed by atoms with Crippen molar-refractivity contribution >= 4 is 28.2 Å². The first kappa shape index (κ1) is 23.6. The zero-order valence-corrected chi connectivity index (χ0v) is 21.8. The number of hydrogen-bond acceptors (Lipinski definition) is 4. The third-order valence-corrected chi connectivity index (χ3v) is 8.21. The van der Waals surface area contributed by atoms with Gasteiger partial charge in [0.05, 0.1) is 23.7 Å². The fourth-order valence-corrected chi connectivity index (χ4v) is 6.04. The molecule has 6 heteroatoms. The van der Waals surface area contributed by atoms with Gasteiger partial charge < -0.3 is 15.0 Å². The Kier molecular flexibility index (Phi) is 5.90. The Morgan fingerprint density at radius 1 is 1.08 bits per heavy atom. The van der Waals surface area contributed by atoms with Gasteiger partial charge in [0.1, 0.15) is 5.75 Å². The SMILES string of the molecule is CCCCCN(CC)c1cccc(-c2n[nH]c3cc(C4CC45C(=O)Nc4ccc(OC)cc45)ccc23)c1. The third-order valence-electron chi connectivity index (χ3n) is 8.21. The molecule has 1 amide bonds. The minimum atomic E-state index is -0.504. The van der Waals surface area contributed by atoms with Gasteiger partial charge in [-0.05, 0) is 67.3 Å². The molecule has 1 spiro atoms. The Labute approximate surface area is 218 Å². The van der Waals surface area contributed by atoms with Gasteiger partial charge in [-0.2, -0.15) is 5.10 Å². The van der Waals surface area contributed by atoms with Crippen LogP contribution in [0.5, 0.6) is 5.75 Å². The molecule has 3 aromatic carbocycles. The van der Waals surface area contributed by atoms with Crippen LogP contribution in [0.4, 0.5) is 11.4 Å². The highest BCUT2D eigenvalue weighted by molar-refractivity contribution is 6.10. The van der Waals surface area contributed by atoms with Crippen molar-refractivity contribution < 1.29 is 9.53 Å². The van der Waals surface area contributed by atoms with E-state index in [-0.39, 0.29) is 11.8 Å². The van der Waals surface area contributed by atoms with Crippen molar-refractivity contribution in [3.63, 3.8) is 0 Å². The number of ether oxygens (including phenoxy) is 1. The number of nitrogens with one attached hydrogen (secondary N) is 2. The Balaban J connectivity index is 1.29. The van der Waals surface area contributed by atoms with Crippen molar-refractivity contribution in [1.82, 2.24) is 10.2 Å². The van der Waals surface area contributed by atoms with E-state index >= 15 is 0 Å². The quantitative estimate of drug-likeness (QED) is 0.256. The van der Waals surface area contributed by atoms with Crippen molar-refractivity contribution in [2.24, 2.45) is 0 Å². The van der Waals surface area contributed by atoms with Gasteiger partial charge in [0.2, 0.25) is 5.91 Å².